The Bertz CT molecular complexity index is 1270. The smallest absolute Gasteiger partial charge is 0.261 e. The molecule has 1 aliphatic carbocycles. The number of hydrogen-bond donors (Lipinski definition) is 1. The number of aliphatic hydroxyl groups excluding tert-OH is 1. The van der Waals surface area contributed by atoms with E-state index < -0.39 is 6.10 Å². The van der Waals surface area contributed by atoms with Crippen LogP contribution >= 0.6 is 0 Å². The molecule has 1 atom stereocenters. The monoisotopic (exact) mass is 526 g/mol. The lowest BCUT2D eigenvalue weighted by Gasteiger charge is -2.36. The molecule has 0 radical (unpaired) electrons. The Morgan fingerprint density at radius 3 is 2.10 bits per heavy atom. The highest BCUT2D eigenvalue weighted by molar-refractivity contribution is 6.25. The molecular formula is C33H38N2O4. The molecule has 0 unspecified atom stereocenters. The fourth-order valence-electron chi connectivity index (χ4n) is 6.67. The first kappa shape index (κ1) is 26.0. The summed E-state index contributed by atoms with van der Waals surface area (Å²) < 4.78 is 5.89. The first-order valence-electron chi connectivity index (χ1n) is 14.6. The van der Waals surface area contributed by atoms with E-state index in [2.05, 4.69) is 17.0 Å². The van der Waals surface area contributed by atoms with Crippen LogP contribution in [0.25, 0.3) is 10.8 Å². The van der Waals surface area contributed by atoms with Gasteiger partial charge < -0.3 is 14.7 Å². The van der Waals surface area contributed by atoms with E-state index in [4.69, 9.17) is 4.74 Å². The Balaban J connectivity index is 0.968. The van der Waals surface area contributed by atoms with Crippen molar-refractivity contribution >= 4 is 22.6 Å². The molecule has 6 nitrogen and oxygen atoms in total. The fraction of sp³-hybridized carbons (Fsp3) is 0.455. The molecular weight excluding hydrogens is 488 g/mol. The number of aliphatic hydroxyl groups is 1. The van der Waals surface area contributed by atoms with Gasteiger partial charge in [0.15, 0.2) is 0 Å². The quantitative estimate of drug-likeness (QED) is 0.385. The first-order chi connectivity index (χ1) is 19.1. The van der Waals surface area contributed by atoms with Crippen molar-refractivity contribution in [3.05, 3.63) is 77.4 Å². The first-order valence-corrected chi connectivity index (χ1v) is 14.6. The molecule has 0 bridgehead atoms. The average molecular weight is 527 g/mol. The molecule has 6 heteroatoms. The van der Waals surface area contributed by atoms with E-state index in [9.17, 15) is 14.7 Å². The van der Waals surface area contributed by atoms with Crippen LogP contribution in [0.4, 0.5) is 0 Å². The van der Waals surface area contributed by atoms with Gasteiger partial charge in [-0.1, -0.05) is 55.7 Å². The van der Waals surface area contributed by atoms with Gasteiger partial charge in [0.1, 0.15) is 18.5 Å². The van der Waals surface area contributed by atoms with Gasteiger partial charge in [0.05, 0.1) is 0 Å². The second-order valence-corrected chi connectivity index (χ2v) is 11.5. The lowest BCUT2D eigenvalue weighted by molar-refractivity contribution is 0.0453. The third kappa shape index (κ3) is 5.59. The minimum atomic E-state index is -0.568. The molecule has 2 aliphatic heterocycles. The lowest BCUT2D eigenvalue weighted by atomic mass is 9.84. The van der Waals surface area contributed by atoms with Gasteiger partial charge >= 0.3 is 0 Å². The summed E-state index contributed by atoms with van der Waals surface area (Å²) in [5, 5.41) is 12.3. The van der Waals surface area contributed by atoms with Gasteiger partial charge in [-0.25, -0.2) is 0 Å². The van der Waals surface area contributed by atoms with Gasteiger partial charge in [-0.3, -0.25) is 14.5 Å². The summed E-state index contributed by atoms with van der Waals surface area (Å²) in [6.45, 7) is 2.94. The topological polar surface area (TPSA) is 70.1 Å². The number of nitrogens with zero attached hydrogens (tertiary/aromatic N) is 2. The summed E-state index contributed by atoms with van der Waals surface area (Å²) in [5.74, 6) is 1.37. The van der Waals surface area contributed by atoms with Crippen molar-refractivity contribution in [3.63, 3.8) is 0 Å². The van der Waals surface area contributed by atoms with E-state index >= 15 is 0 Å². The van der Waals surface area contributed by atoms with Crippen molar-refractivity contribution in [3.8, 4) is 5.75 Å². The van der Waals surface area contributed by atoms with Crippen LogP contribution in [-0.2, 0) is 0 Å². The highest BCUT2D eigenvalue weighted by atomic mass is 16.5. The fourth-order valence-corrected chi connectivity index (χ4v) is 6.67. The van der Waals surface area contributed by atoms with E-state index in [0.717, 1.165) is 42.5 Å². The Kier molecular flexibility index (Phi) is 7.67. The number of hydrogen-bond acceptors (Lipinski definition) is 5. The van der Waals surface area contributed by atoms with E-state index in [-0.39, 0.29) is 24.3 Å². The van der Waals surface area contributed by atoms with Crippen LogP contribution < -0.4 is 4.74 Å². The summed E-state index contributed by atoms with van der Waals surface area (Å²) in [5.41, 5.74) is 2.64. The molecule has 2 fully saturated rings. The van der Waals surface area contributed by atoms with Crippen molar-refractivity contribution in [1.82, 2.24) is 9.80 Å². The van der Waals surface area contributed by atoms with Crippen LogP contribution in [0.15, 0.2) is 60.7 Å². The van der Waals surface area contributed by atoms with E-state index in [1.807, 2.05) is 48.5 Å². The molecule has 204 valence electrons. The van der Waals surface area contributed by atoms with Crippen LogP contribution in [0.5, 0.6) is 5.75 Å². The molecule has 2 amide bonds. The molecule has 3 aliphatic rings. The highest BCUT2D eigenvalue weighted by Crippen LogP contribution is 2.34. The molecule has 0 spiro atoms. The average Bonchev–Trinajstić information content (AvgIpc) is 2.98. The third-order valence-corrected chi connectivity index (χ3v) is 8.87. The van der Waals surface area contributed by atoms with Crippen LogP contribution in [0.1, 0.15) is 77.1 Å². The molecule has 2 heterocycles. The van der Waals surface area contributed by atoms with E-state index in [1.54, 1.807) is 0 Å². The number of carbonyl (C=O) groups is 2. The molecule has 3 aromatic rings. The van der Waals surface area contributed by atoms with E-state index in [0.29, 0.717) is 30.1 Å². The number of β-amino-alcohol motifs (C(OH)–C–C–N with tert-alkyl or cyclic N) is 1. The van der Waals surface area contributed by atoms with Gasteiger partial charge in [-0.05, 0) is 85.8 Å². The van der Waals surface area contributed by atoms with Crippen LogP contribution in [0.2, 0.25) is 0 Å². The number of likely N-dealkylation sites (tertiary alicyclic amines) is 1. The number of amides is 2. The zero-order valence-electron chi connectivity index (χ0n) is 22.6. The van der Waals surface area contributed by atoms with Gasteiger partial charge in [-0.15, -0.1) is 0 Å². The summed E-state index contributed by atoms with van der Waals surface area (Å²) in [6.07, 6.45) is 7.78. The van der Waals surface area contributed by atoms with Crippen molar-refractivity contribution in [1.29, 1.82) is 0 Å². The minimum absolute atomic E-state index is 0.189. The maximum atomic E-state index is 13.2. The predicted octanol–water partition coefficient (Wildman–Crippen LogP) is 5.64. The van der Waals surface area contributed by atoms with Crippen molar-refractivity contribution in [2.45, 2.75) is 57.0 Å². The van der Waals surface area contributed by atoms with Crippen LogP contribution in [-0.4, -0.2) is 65.6 Å². The molecule has 3 aromatic carbocycles. The molecule has 0 aromatic heterocycles. The summed E-state index contributed by atoms with van der Waals surface area (Å²) in [4.78, 5) is 30.2. The zero-order chi connectivity index (χ0) is 26.8. The second kappa shape index (κ2) is 11.5. The predicted molar refractivity (Wildman–Crippen MR) is 152 cm³/mol. The maximum absolute atomic E-state index is 13.2. The Morgan fingerprint density at radius 1 is 0.821 bits per heavy atom. The van der Waals surface area contributed by atoms with Crippen molar-refractivity contribution in [2.24, 2.45) is 5.92 Å². The molecule has 39 heavy (non-hydrogen) atoms. The third-order valence-electron chi connectivity index (χ3n) is 8.87. The Labute approximate surface area is 230 Å². The molecule has 6 rings (SSSR count). The van der Waals surface area contributed by atoms with Gasteiger partial charge in [0.2, 0.25) is 0 Å². The maximum Gasteiger partial charge on any atom is 0.261 e. The summed E-state index contributed by atoms with van der Waals surface area (Å²) >= 11 is 0. The van der Waals surface area contributed by atoms with Gasteiger partial charge in [-0.2, -0.15) is 0 Å². The molecule has 1 saturated carbocycles. The minimum Gasteiger partial charge on any atom is -0.491 e. The number of ether oxygens (including phenoxy) is 1. The normalized spacial score (nSPS) is 20.0. The van der Waals surface area contributed by atoms with Crippen LogP contribution in [0, 0.1) is 5.92 Å². The Morgan fingerprint density at radius 2 is 1.46 bits per heavy atom. The summed E-state index contributed by atoms with van der Waals surface area (Å²) in [7, 11) is 0. The number of carbonyl (C=O) groups excluding carboxylic acids is 2. The number of benzene rings is 3. The van der Waals surface area contributed by atoms with Gasteiger partial charge in [0.25, 0.3) is 11.8 Å². The zero-order valence-corrected chi connectivity index (χ0v) is 22.6. The van der Waals surface area contributed by atoms with Gasteiger partial charge in [0, 0.05) is 29.6 Å². The van der Waals surface area contributed by atoms with Crippen LogP contribution in [0.3, 0.4) is 0 Å². The second-order valence-electron chi connectivity index (χ2n) is 11.5. The standard InChI is InChI=1S/C33H38N2O4/c36-27(22-39-28-14-12-25(13-15-28)24-6-2-1-3-7-24)21-34-18-16-23(17-19-34)20-35-32(37)29-10-4-8-26-9-5-11-30(31(26)29)33(35)38/h4-5,8-15,23-24,27,36H,1-3,6-7,16-22H2/t27-/m0/s1. The summed E-state index contributed by atoms with van der Waals surface area (Å²) in [6, 6.07) is 19.7. The SMILES string of the molecule is O=C1c2cccc3cccc(c23)C(=O)N1CC1CCN(C[C@H](O)COc2ccc(C3CCCCC3)cc2)CC1. The lowest BCUT2D eigenvalue weighted by Crippen LogP contribution is -2.46. The molecule has 1 saturated heterocycles. The largest absolute Gasteiger partial charge is 0.491 e. The Hall–Kier alpha value is -3.22. The van der Waals surface area contributed by atoms with Crippen molar-refractivity contribution < 1.29 is 19.4 Å². The van der Waals surface area contributed by atoms with Crippen molar-refractivity contribution in [2.75, 3.05) is 32.8 Å². The molecule has 1 N–H and O–H groups in total. The number of imide groups is 1. The number of rotatable bonds is 8. The highest BCUT2D eigenvalue weighted by Gasteiger charge is 2.35. The van der Waals surface area contributed by atoms with E-state index in [1.165, 1.54) is 42.6 Å². The number of piperidine rings is 1.